The van der Waals surface area contributed by atoms with Crippen molar-refractivity contribution in [2.75, 3.05) is 26.3 Å². The van der Waals surface area contributed by atoms with Crippen molar-refractivity contribution in [3.05, 3.63) is 0 Å². The van der Waals surface area contributed by atoms with Crippen molar-refractivity contribution in [3.8, 4) is 0 Å². The first-order chi connectivity index (χ1) is 8.83. The Morgan fingerprint density at radius 3 is 2.78 bits per heavy atom. The van der Waals surface area contributed by atoms with Crippen molar-refractivity contribution in [2.24, 2.45) is 5.92 Å². The fraction of sp³-hybridized carbons (Fsp3) is 1.00. The summed E-state index contributed by atoms with van der Waals surface area (Å²) < 4.78 is 5.46. The highest BCUT2D eigenvalue weighted by Crippen LogP contribution is 2.28. The third-order valence-corrected chi connectivity index (χ3v) is 3.79. The third kappa shape index (κ3) is 8.06. The smallest absolute Gasteiger partial charge is 0.0897 e. The first-order valence-corrected chi connectivity index (χ1v) is 7.79. The van der Waals surface area contributed by atoms with Gasteiger partial charge < -0.3 is 15.2 Å². The summed E-state index contributed by atoms with van der Waals surface area (Å²) in [4.78, 5) is 0. The van der Waals surface area contributed by atoms with E-state index in [0.717, 1.165) is 25.5 Å². The van der Waals surface area contributed by atoms with Gasteiger partial charge in [0, 0.05) is 13.2 Å². The number of hydrogen-bond donors (Lipinski definition) is 2. The number of nitrogens with one attached hydrogen (secondary N) is 1. The molecule has 108 valence electrons. The molecular weight excluding hydrogens is 226 g/mol. The molecule has 3 heteroatoms. The summed E-state index contributed by atoms with van der Waals surface area (Å²) in [6.45, 7) is 5.18. The van der Waals surface area contributed by atoms with Crippen molar-refractivity contribution in [3.63, 3.8) is 0 Å². The number of rotatable bonds is 12. The Balaban J connectivity index is 1.77. The number of aliphatic hydroxyl groups excluding tert-OH is 1. The van der Waals surface area contributed by atoms with Gasteiger partial charge in [0.05, 0.1) is 12.7 Å². The van der Waals surface area contributed by atoms with Gasteiger partial charge in [-0.1, -0.05) is 45.4 Å². The predicted molar refractivity (Wildman–Crippen MR) is 75.8 cm³/mol. The molecule has 1 unspecified atom stereocenters. The SMILES string of the molecule is CCCCCCOCC(O)CNCCC1CCC1. The van der Waals surface area contributed by atoms with Crippen molar-refractivity contribution < 1.29 is 9.84 Å². The van der Waals surface area contributed by atoms with Gasteiger partial charge in [0.15, 0.2) is 0 Å². The number of ether oxygens (including phenoxy) is 1. The highest BCUT2D eigenvalue weighted by atomic mass is 16.5. The van der Waals surface area contributed by atoms with Crippen LogP contribution in [-0.4, -0.2) is 37.5 Å². The third-order valence-electron chi connectivity index (χ3n) is 3.79. The van der Waals surface area contributed by atoms with Crippen LogP contribution < -0.4 is 5.32 Å². The Labute approximate surface area is 112 Å². The average Bonchev–Trinajstić information content (AvgIpc) is 2.31. The van der Waals surface area contributed by atoms with Crippen molar-refractivity contribution in [1.29, 1.82) is 0 Å². The molecule has 0 spiro atoms. The Bertz CT molecular complexity index is 183. The summed E-state index contributed by atoms with van der Waals surface area (Å²) in [6, 6.07) is 0. The highest BCUT2D eigenvalue weighted by Gasteiger charge is 2.16. The van der Waals surface area contributed by atoms with Crippen molar-refractivity contribution >= 4 is 0 Å². The second kappa shape index (κ2) is 10.8. The molecule has 0 amide bonds. The van der Waals surface area contributed by atoms with E-state index in [0.29, 0.717) is 13.2 Å². The highest BCUT2D eigenvalue weighted by molar-refractivity contribution is 4.70. The van der Waals surface area contributed by atoms with E-state index in [1.54, 1.807) is 0 Å². The van der Waals surface area contributed by atoms with E-state index in [1.165, 1.54) is 44.9 Å². The van der Waals surface area contributed by atoms with Gasteiger partial charge in [-0.2, -0.15) is 0 Å². The Morgan fingerprint density at radius 2 is 2.11 bits per heavy atom. The van der Waals surface area contributed by atoms with Crippen LogP contribution in [0.1, 0.15) is 58.3 Å². The molecule has 1 rings (SSSR count). The molecule has 18 heavy (non-hydrogen) atoms. The van der Waals surface area contributed by atoms with Crippen LogP contribution in [0.15, 0.2) is 0 Å². The van der Waals surface area contributed by atoms with E-state index in [4.69, 9.17) is 4.74 Å². The number of hydrogen-bond acceptors (Lipinski definition) is 3. The summed E-state index contributed by atoms with van der Waals surface area (Å²) >= 11 is 0. The molecule has 0 aromatic heterocycles. The Hall–Kier alpha value is -0.120. The van der Waals surface area contributed by atoms with Crippen LogP contribution in [0.5, 0.6) is 0 Å². The zero-order valence-electron chi connectivity index (χ0n) is 12.0. The van der Waals surface area contributed by atoms with Gasteiger partial charge >= 0.3 is 0 Å². The number of unbranched alkanes of at least 4 members (excludes halogenated alkanes) is 3. The fourth-order valence-corrected chi connectivity index (χ4v) is 2.27. The minimum atomic E-state index is -0.349. The van der Waals surface area contributed by atoms with Gasteiger partial charge in [0.25, 0.3) is 0 Å². The van der Waals surface area contributed by atoms with Crippen LogP contribution in [0.3, 0.4) is 0 Å². The lowest BCUT2D eigenvalue weighted by Gasteiger charge is -2.25. The lowest BCUT2D eigenvalue weighted by Crippen LogP contribution is -2.32. The molecule has 0 saturated heterocycles. The molecule has 0 bridgehead atoms. The van der Waals surface area contributed by atoms with E-state index in [-0.39, 0.29) is 6.10 Å². The van der Waals surface area contributed by atoms with Crippen LogP contribution in [-0.2, 0) is 4.74 Å². The van der Waals surface area contributed by atoms with Gasteiger partial charge in [-0.15, -0.1) is 0 Å². The molecule has 3 nitrogen and oxygen atoms in total. The summed E-state index contributed by atoms with van der Waals surface area (Å²) in [5.41, 5.74) is 0. The van der Waals surface area contributed by atoms with Gasteiger partial charge in [-0.05, 0) is 25.3 Å². The van der Waals surface area contributed by atoms with E-state index in [9.17, 15) is 5.11 Å². The lowest BCUT2D eigenvalue weighted by molar-refractivity contribution is 0.0353. The van der Waals surface area contributed by atoms with Crippen molar-refractivity contribution in [2.45, 2.75) is 64.4 Å². The second-order valence-electron chi connectivity index (χ2n) is 5.58. The molecule has 0 heterocycles. The van der Waals surface area contributed by atoms with Gasteiger partial charge in [-0.25, -0.2) is 0 Å². The molecule has 1 atom stereocenters. The monoisotopic (exact) mass is 257 g/mol. The first-order valence-electron chi connectivity index (χ1n) is 7.79. The summed E-state index contributed by atoms with van der Waals surface area (Å²) in [5.74, 6) is 0.949. The Morgan fingerprint density at radius 1 is 1.28 bits per heavy atom. The van der Waals surface area contributed by atoms with Crippen LogP contribution in [0.25, 0.3) is 0 Å². The molecule has 0 aromatic carbocycles. The summed E-state index contributed by atoms with van der Waals surface area (Å²) in [6.07, 6.45) is 10.1. The largest absolute Gasteiger partial charge is 0.389 e. The molecule has 2 N–H and O–H groups in total. The second-order valence-corrected chi connectivity index (χ2v) is 5.58. The zero-order valence-corrected chi connectivity index (χ0v) is 12.0. The van der Waals surface area contributed by atoms with Crippen LogP contribution in [0.2, 0.25) is 0 Å². The molecule has 1 saturated carbocycles. The summed E-state index contributed by atoms with van der Waals surface area (Å²) in [7, 11) is 0. The van der Waals surface area contributed by atoms with Crippen LogP contribution in [0.4, 0.5) is 0 Å². The van der Waals surface area contributed by atoms with Gasteiger partial charge in [0.1, 0.15) is 0 Å². The van der Waals surface area contributed by atoms with Gasteiger partial charge in [-0.3, -0.25) is 0 Å². The summed E-state index contributed by atoms with van der Waals surface area (Å²) in [5, 5.41) is 13.0. The maximum Gasteiger partial charge on any atom is 0.0897 e. The lowest BCUT2D eigenvalue weighted by atomic mass is 9.83. The molecule has 0 radical (unpaired) electrons. The Kier molecular flexibility index (Phi) is 9.54. The van der Waals surface area contributed by atoms with E-state index >= 15 is 0 Å². The molecular formula is C15H31NO2. The molecule has 1 aliphatic carbocycles. The number of aliphatic hydroxyl groups is 1. The normalized spacial score (nSPS) is 17.7. The minimum Gasteiger partial charge on any atom is -0.389 e. The molecule has 1 aliphatic rings. The maximum absolute atomic E-state index is 9.70. The minimum absolute atomic E-state index is 0.349. The molecule has 1 fully saturated rings. The maximum atomic E-state index is 9.70. The van der Waals surface area contributed by atoms with Crippen LogP contribution >= 0.6 is 0 Å². The zero-order chi connectivity index (χ0) is 13.1. The van der Waals surface area contributed by atoms with E-state index in [2.05, 4.69) is 12.2 Å². The fourth-order valence-electron chi connectivity index (χ4n) is 2.27. The van der Waals surface area contributed by atoms with Crippen LogP contribution in [0, 0.1) is 5.92 Å². The standard InChI is InChI=1S/C15H31NO2/c1-2-3-4-5-11-18-13-15(17)12-16-10-9-14-7-6-8-14/h14-17H,2-13H2,1H3. The van der Waals surface area contributed by atoms with Crippen molar-refractivity contribution in [1.82, 2.24) is 5.32 Å². The predicted octanol–water partition coefficient (Wildman–Crippen LogP) is 2.72. The average molecular weight is 257 g/mol. The quantitative estimate of drug-likeness (QED) is 0.528. The van der Waals surface area contributed by atoms with E-state index in [1.807, 2.05) is 0 Å². The topological polar surface area (TPSA) is 41.5 Å². The molecule has 0 aromatic rings. The van der Waals surface area contributed by atoms with Gasteiger partial charge in [0.2, 0.25) is 0 Å². The molecule has 0 aliphatic heterocycles. The first kappa shape index (κ1) is 15.9. The van der Waals surface area contributed by atoms with E-state index < -0.39 is 0 Å².